The van der Waals surface area contributed by atoms with Crippen LogP contribution >= 0.6 is 0 Å². The predicted octanol–water partition coefficient (Wildman–Crippen LogP) is 2.76. The average Bonchev–Trinajstić information content (AvgIpc) is 2.80. The van der Waals surface area contributed by atoms with E-state index in [0.717, 1.165) is 16.4 Å². The van der Waals surface area contributed by atoms with E-state index in [9.17, 15) is 27.1 Å². The summed E-state index contributed by atoms with van der Waals surface area (Å²) in [5.41, 5.74) is -0.0723. The molecule has 0 aromatic heterocycles. The monoisotopic (exact) mass is 484 g/mol. The van der Waals surface area contributed by atoms with Crippen molar-refractivity contribution in [1.29, 1.82) is 0 Å². The van der Waals surface area contributed by atoms with Crippen molar-refractivity contribution in [3.8, 4) is 0 Å². The number of benzene rings is 2. The minimum atomic E-state index is -4.04. The number of hydrogen-bond donors (Lipinski definition) is 1. The third-order valence-corrected chi connectivity index (χ3v) is 7.48. The molecule has 0 spiro atoms. The number of sulfonamides is 1. The second-order valence-corrected chi connectivity index (χ2v) is 9.87. The molecule has 0 heterocycles. The Morgan fingerprint density at radius 2 is 1.67 bits per heavy atom. The molecule has 2 aromatic carbocycles. The van der Waals surface area contributed by atoms with Gasteiger partial charge in [0.25, 0.3) is 5.91 Å². The van der Waals surface area contributed by atoms with E-state index in [0.29, 0.717) is 0 Å². The molecule has 1 N–H and O–H groups in total. The van der Waals surface area contributed by atoms with Gasteiger partial charge in [-0.15, -0.1) is 0 Å². The molecule has 0 aliphatic heterocycles. The summed E-state index contributed by atoms with van der Waals surface area (Å²) in [6.45, 7) is 2.96. The zero-order valence-corrected chi connectivity index (χ0v) is 19.9. The van der Waals surface area contributed by atoms with E-state index in [4.69, 9.17) is 4.74 Å². The molecule has 0 saturated heterocycles. The van der Waals surface area contributed by atoms with Crippen molar-refractivity contribution < 1.29 is 31.8 Å². The standard InChI is InChI=1S/C23H30F2N2O5S/c1-16(22(32-4)14-26(3)23(29)20-7-5-6-8-21(20)25)13-27(17(2)15-28)33(30,31)19-11-9-18(24)10-12-19/h5-12,16-17,22,28H,13-15H2,1-4H3/t16-,17-,22+/m1/s1. The van der Waals surface area contributed by atoms with Crippen molar-refractivity contribution in [2.75, 3.05) is 33.9 Å². The molecule has 2 aromatic rings. The first kappa shape index (κ1) is 26.8. The number of amides is 1. The summed E-state index contributed by atoms with van der Waals surface area (Å²) in [6, 6.07) is 9.34. The fourth-order valence-electron chi connectivity index (χ4n) is 3.43. The SMILES string of the molecule is CO[C@@H](CN(C)C(=O)c1ccccc1F)[C@H](C)CN([C@H](C)CO)S(=O)(=O)c1ccc(F)cc1. The first-order valence-corrected chi connectivity index (χ1v) is 11.9. The van der Waals surface area contributed by atoms with Crippen LogP contribution < -0.4 is 0 Å². The van der Waals surface area contributed by atoms with Gasteiger partial charge in [0.15, 0.2) is 0 Å². The highest BCUT2D eigenvalue weighted by Crippen LogP contribution is 2.22. The molecule has 182 valence electrons. The molecule has 10 heteroatoms. The summed E-state index contributed by atoms with van der Waals surface area (Å²) in [6.07, 6.45) is -0.581. The molecule has 0 saturated carbocycles. The van der Waals surface area contributed by atoms with E-state index < -0.39 is 52.2 Å². The second kappa shape index (κ2) is 11.6. The van der Waals surface area contributed by atoms with Crippen molar-refractivity contribution in [2.24, 2.45) is 5.92 Å². The van der Waals surface area contributed by atoms with Gasteiger partial charge in [-0.25, -0.2) is 17.2 Å². The first-order valence-electron chi connectivity index (χ1n) is 10.4. The lowest BCUT2D eigenvalue weighted by Crippen LogP contribution is -2.47. The lowest BCUT2D eigenvalue weighted by molar-refractivity contribution is 0.0220. The normalized spacial score (nSPS) is 14.7. The van der Waals surface area contributed by atoms with Crippen LogP contribution in [0.25, 0.3) is 0 Å². The Labute approximate surface area is 193 Å². The van der Waals surface area contributed by atoms with Gasteiger partial charge in [-0.3, -0.25) is 4.79 Å². The van der Waals surface area contributed by atoms with Gasteiger partial charge >= 0.3 is 0 Å². The topological polar surface area (TPSA) is 87.2 Å². The predicted molar refractivity (Wildman–Crippen MR) is 120 cm³/mol. The van der Waals surface area contributed by atoms with Gasteiger partial charge in [0.2, 0.25) is 10.0 Å². The van der Waals surface area contributed by atoms with Gasteiger partial charge < -0.3 is 14.7 Å². The average molecular weight is 485 g/mol. The second-order valence-electron chi connectivity index (χ2n) is 7.98. The number of likely N-dealkylation sites (N-methyl/N-ethyl adjacent to an activating group) is 1. The molecule has 0 aliphatic rings. The fourth-order valence-corrected chi connectivity index (χ4v) is 5.15. The lowest BCUT2D eigenvalue weighted by atomic mass is 10.0. The summed E-state index contributed by atoms with van der Waals surface area (Å²) < 4.78 is 60.3. The maximum Gasteiger partial charge on any atom is 0.256 e. The quantitative estimate of drug-likeness (QED) is 0.530. The van der Waals surface area contributed by atoms with Crippen LogP contribution in [0.5, 0.6) is 0 Å². The number of aliphatic hydroxyl groups excluding tert-OH is 1. The van der Waals surface area contributed by atoms with E-state index in [1.807, 2.05) is 0 Å². The van der Waals surface area contributed by atoms with E-state index in [2.05, 4.69) is 0 Å². The number of carbonyl (C=O) groups is 1. The van der Waals surface area contributed by atoms with Crippen molar-refractivity contribution in [2.45, 2.75) is 30.9 Å². The number of methoxy groups -OCH3 is 1. The molecule has 33 heavy (non-hydrogen) atoms. The summed E-state index contributed by atoms with van der Waals surface area (Å²) >= 11 is 0. The van der Waals surface area contributed by atoms with E-state index >= 15 is 0 Å². The summed E-state index contributed by atoms with van der Waals surface area (Å²) in [5, 5.41) is 9.65. The van der Waals surface area contributed by atoms with Gasteiger partial charge in [-0.2, -0.15) is 4.31 Å². The Morgan fingerprint density at radius 1 is 1.06 bits per heavy atom. The van der Waals surface area contributed by atoms with Crippen molar-refractivity contribution in [3.63, 3.8) is 0 Å². The molecule has 3 atom stereocenters. The highest BCUT2D eigenvalue weighted by atomic mass is 32.2. The number of nitrogens with zero attached hydrogens (tertiary/aromatic N) is 2. The highest BCUT2D eigenvalue weighted by molar-refractivity contribution is 7.89. The van der Waals surface area contributed by atoms with Gasteiger partial charge in [0.1, 0.15) is 11.6 Å². The van der Waals surface area contributed by atoms with Gasteiger partial charge in [0, 0.05) is 33.3 Å². The molecule has 2 rings (SSSR count). The number of rotatable bonds is 11. The first-order chi connectivity index (χ1) is 15.5. The van der Waals surface area contributed by atoms with Crippen molar-refractivity contribution in [1.82, 2.24) is 9.21 Å². The number of halogens is 2. The van der Waals surface area contributed by atoms with Crippen LogP contribution in [-0.2, 0) is 14.8 Å². The summed E-state index contributed by atoms with van der Waals surface area (Å²) in [4.78, 5) is 13.9. The van der Waals surface area contributed by atoms with Gasteiger partial charge in [-0.05, 0) is 49.2 Å². The third-order valence-electron chi connectivity index (χ3n) is 5.49. The van der Waals surface area contributed by atoms with Gasteiger partial charge in [0.05, 0.1) is 23.2 Å². The van der Waals surface area contributed by atoms with Crippen molar-refractivity contribution in [3.05, 3.63) is 65.7 Å². The van der Waals surface area contributed by atoms with Crippen LogP contribution in [0.4, 0.5) is 8.78 Å². The number of hydrogen-bond acceptors (Lipinski definition) is 5. The third kappa shape index (κ3) is 6.57. The van der Waals surface area contributed by atoms with Crippen LogP contribution in [0, 0.1) is 17.6 Å². The Morgan fingerprint density at radius 3 is 2.21 bits per heavy atom. The summed E-state index contributed by atoms with van der Waals surface area (Å²) in [5.74, 6) is -2.13. The maximum atomic E-state index is 14.0. The van der Waals surface area contributed by atoms with Gasteiger partial charge in [-0.1, -0.05) is 19.1 Å². The maximum absolute atomic E-state index is 14.0. The Bertz CT molecular complexity index is 1030. The van der Waals surface area contributed by atoms with E-state index in [-0.39, 0.29) is 23.5 Å². The zero-order valence-electron chi connectivity index (χ0n) is 19.1. The molecular weight excluding hydrogens is 454 g/mol. The molecule has 0 unspecified atom stereocenters. The largest absolute Gasteiger partial charge is 0.395 e. The zero-order chi connectivity index (χ0) is 24.8. The molecule has 1 amide bonds. The van der Waals surface area contributed by atoms with Crippen LogP contribution in [-0.4, -0.2) is 74.6 Å². The van der Waals surface area contributed by atoms with Crippen LogP contribution in [0.3, 0.4) is 0 Å². The molecule has 0 bridgehead atoms. The van der Waals surface area contributed by atoms with Crippen LogP contribution in [0.2, 0.25) is 0 Å². The lowest BCUT2D eigenvalue weighted by Gasteiger charge is -2.33. The van der Waals surface area contributed by atoms with Crippen molar-refractivity contribution >= 4 is 15.9 Å². The fraction of sp³-hybridized carbons (Fsp3) is 0.435. The number of aliphatic hydroxyl groups is 1. The minimum Gasteiger partial charge on any atom is -0.395 e. The number of carbonyl (C=O) groups excluding carboxylic acids is 1. The Kier molecular flexibility index (Phi) is 9.47. The number of ether oxygens (including phenoxy) is 1. The molecule has 7 nitrogen and oxygen atoms in total. The van der Waals surface area contributed by atoms with E-state index in [1.165, 1.54) is 49.4 Å². The van der Waals surface area contributed by atoms with Crippen LogP contribution in [0.1, 0.15) is 24.2 Å². The Balaban J connectivity index is 2.21. The Hall–Kier alpha value is -2.40. The van der Waals surface area contributed by atoms with E-state index in [1.54, 1.807) is 19.9 Å². The minimum absolute atomic E-state index is 0.0261. The highest BCUT2D eigenvalue weighted by Gasteiger charge is 2.33. The molecule has 0 radical (unpaired) electrons. The summed E-state index contributed by atoms with van der Waals surface area (Å²) in [7, 11) is -1.09. The van der Waals surface area contributed by atoms with Crippen LogP contribution in [0.15, 0.2) is 53.4 Å². The molecule has 0 aliphatic carbocycles. The molecule has 0 fully saturated rings. The molecular formula is C23H30F2N2O5S. The smallest absolute Gasteiger partial charge is 0.256 e.